The molecule has 0 saturated heterocycles. The van der Waals surface area contributed by atoms with Gasteiger partial charge in [-0.3, -0.25) is 0 Å². The molecule has 0 atom stereocenters. The monoisotopic (exact) mass is 277 g/mol. The number of halogens is 2. The Morgan fingerprint density at radius 3 is 2.28 bits per heavy atom. The SMILES string of the molecule is CC(C)(C)CNc1ccccc1S(=O)(=O)C(F)F. The molecular formula is C12H17F2NO2S. The van der Waals surface area contributed by atoms with E-state index in [1.54, 1.807) is 6.07 Å². The molecule has 6 heteroatoms. The van der Waals surface area contributed by atoms with E-state index in [0.717, 1.165) is 0 Å². The summed E-state index contributed by atoms with van der Waals surface area (Å²) in [5.41, 5.74) is 0.134. The van der Waals surface area contributed by atoms with Gasteiger partial charge in [-0.25, -0.2) is 8.42 Å². The molecule has 0 bridgehead atoms. The van der Waals surface area contributed by atoms with Crippen LogP contribution in [0.3, 0.4) is 0 Å². The van der Waals surface area contributed by atoms with Crippen molar-refractivity contribution in [3.8, 4) is 0 Å². The van der Waals surface area contributed by atoms with E-state index in [1.807, 2.05) is 20.8 Å². The van der Waals surface area contributed by atoms with Gasteiger partial charge in [-0.15, -0.1) is 0 Å². The third kappa shape index (κ3) is 3.66. The van der Waals surface area contributed by atoms with E-state index in [1.165, 1.54) is 18.2 Å². The van der Waals surface area contributed by atoms with E-state index < -0.39 is 15.6 Å². The summed E-state index contributed by atoms with van der Waals surface area (Å²) in [6.45, 7) is 6.38. The van der Waals surface area contributed by atoms with Crippen molar-refractivity contribution in [3.63, 3.8) is 0 Å². The summed E-state index contributed by atoms with van der Waals surface area (Å²) in [5, 5.41) is 2.90. The first-order chi connectivity index (χ1) is 8.14. The van der Waals surface area contributed by atoms with Gasteiger partial charge >= 0.3 is 5.76 Å². The molecule has 3 nitrogen and oxygen atoms in total. The zero-order valence-electron chi connectivity index (χ0n) is 10.6. The molecule has 0 heterocycles. The molecule has 0 saturated carbocycles. The minimum absolute atomic E-state index is 0.0816. The maximum atomic E-state index is 12.5. The molecule has 0 aliphatic heterocycles. The fourth-order valence-electron chi connectivity index (χ4n) is 1.32. The number of benzene rings is 1. The number of sulfone groups is 1. The summed E-state index contributed by atoms with van der Waals surface area (Å²) < 4.78 is 48.0. The van der Waals surface area contributed by atoms with Gasteiger partial charge in [0.2, 0.25) is 9.84 Å². The lowest BCUT2D eigenvalue weighted by Crippen LogP contribution is -2.21. The van der Waals surface area contributed by atoms with Gasteiger partial charge < -0.3 is 5.32 Å². The van der Waals surface area contributed by atoms with E-state index in [-0.39, 0.29) is 16.0 Å². The van der Waals surface area contributed by atoms with Crippen LogP contribution in [0.2, 0.25) is 0 Å². The van der Waals surface area contributed by atoms with Gasteiger partial charge in [0, 0.05) is 6.54 Å². The minimum Gasteiger partial charge on any atom is -0.383 e. The summed E-state index contributed by atoms with van der Waals surface area (Å²) in [6.07, 6.45) is 0. The fourth-order valence-corrected chi connectivity index (χ4v) is 2.22. The van der Waals surface area contributed by atoms with E-state index in [2.05, 4.69) is 5.32 Å². The van der Waals surface area contributed by atoms with Gasteiger partial charge in [-0.05, 0) is 17.5 Å². The normalized spacial score (nSPS) is 12.8. The molecule has 0 fully saturated rings. The van der Waals surface area contributed by atoms with E-state index in [9.17, 15) is 17.2 Å². The average molecular weight is 277 g/mol. The summed E-state index contributed by atoms with van der Waals surface area (Å²) in [7, 11) is -4.57. The molecule has 0 aromatic heterocycles. The number of hydrogen-bond acceptors (Lipinski definition) is 3. The number of alkyl halides is 2. The molecule has 0 radical (unpaired) electrons. The number of hydrogen-bond donors (Lipinski definition) is 1. The molecule has 0 aliphatic carbocycles. The highest BCUT2D eigenvalue weighted by Gasteiger charge is 2.29. The molecule has 102 valence electrons. The largest absolute Gasteiger partial charge is 0.383 e. The summed E-state index contributed by atoms with van der Waals surface area (Å²) in [4.78, 5) is -0.357. The van der Waals surface area contributed by atoms with Gasteiger partial charge in [-0.1, -0.05) is 32.9 Å². The van der Waals surface area contributed by atoms with Crippen molar-refractivity contribution in [2.45, 2.75) is 31.4 Å². The van der Waals surface area contributed by atoms with Crippen LogP contribution in [0.5, 0.6) is 0 Å². The number of nitrogens with one attached hydrogen (secondary N) is 1. The highest BCUT2D eigenvalue weighted by Crippen LogP contribution is 2.27. The lowest BCUT2D eigenvalue weighted by molar-refractivity contribution is 0.235. The Bertz CT molecular complexity index is 507. The van der Waals surface area contributed by atoms with Crippen LogP contribution in [0.25, 0.3) is 0 Å². The first kappa shape index (κ1) is 14.9. The Labute approximate surface area is 106 Å². The van der Waals surface area contributed by atoms with Gasteiger partial charge in [-0.2, -0.15) is 8.78 Å². The summed E-state index contributed by atoms with van der Waals surface area (Å²) in [5.74, 6) is -3.41. The van der Waals surface area contributed by atoms with Crippen LogP contribution in [0.1, 0.15) is 20.8 Å². The van der Waals surface area contributed by atoms with Crippen molar-refractivity contribution in [2.24, 2.45) is 5.41 Å². The molecule has 1 aromatic carbocycles. The molecule has 1 aromatic rings. The zero-order chi connectivity index (χ0) is 14.0. The van der Waals surface area contributed by atoms with Crippen LogP contribution in [-0.2, 0) is 9.84 Å². The second-order valence-corrected chi connectivity index (χ2v) is 7.10. The predicted molar refractivity (Wildman–Crippen MR) is 67.6 cm³/mol. The molecule has 1 N–H and O–H groups in total. The first-order valence-corrected chi connectivity index (χ1v) is 7.04. The Balaban J connectivity index is 3.08. The van der Waals surface area contributed by atoms with Gasteiger partial charge in [0.05, 0.1) is 10.6 Å². The molecule has 0 aliphatic rings. The van der Waals surface area contributed by atoms with Gasteiger partial charge in [0.15, 0.2) is 0 Å². The summed E-state index contributed by atoms with van der Waals surface area (Å²) >= 11 is 0. The molecule has 18 heavy (non-hydrogen) atoms. The number of para-hydroxylation sites is 1. The van der Waals surface area contributed by atoms with Crippen LogP contribution in [-0.4, -0.2) is 20.7 Å². The predicted octanol–water partition coefficient (Wildman–Crippen LogP) is 3.14. The van der Waals surface area contributed by atoms with Crippen LogP contribution in [0.4, 0.5) is 14.5 Å². The summed E-state index contributed by atoms with van der Waals surface area (Å²) in [6, 6.07) is 5.71. The van der Waals surface area contributed by atoms with Crippen molar-refractivity contribution in [1.82, 2.24) is 0 Å². The number of anilines is 1. The maximum absolute atomic E-state index is 12.5. The second kappa shape index (κ2) is 5.22. The molecule has 0 spiro atoms. The molecule has 0 unspecified atom stereocenters. The standard InChI is InChI=1S/C12H17F2NO2S/c1-12(2,3)8-15-9-6-4-5-7-10(9)18(16,17)11(13)14/h4-7,11,15H,8H2,1-3H3. The Kier molecular flexibility index (Phi) is 4.32. The van der Waals surface area contributed by atoms with Gasteiger partial charge in [0.25, 0.3) is 0 Å². The quantitative estimate of drug-likeness (QED) is 0.919. The van der Waals surface area contributed by atoms with Crippen molar-refractivity contribution in [2.75, 3.05) is 11.9 Å². The van der Waals surface area contributed by atoms with Crippen molar-refractivity contribution in [3.05, 3.63) is 24.3 Å². The third-order valence-corrected chi connectivity index (χ3v) is 3.68. The van der Waals surface area contributed by atoms with Crippen molar-refractivity contribution >= 4 is 15.5 Å². The topological polar surface area (TPSA) is 46.2 Å². The average Bonchev–Trinajstić information content (AvgIpc) is 2.25. The lowest BCUT2D eigenvalue weighted by atomic mass is 9.97. The highest BCUT2D eigenvalue weighted by atomic mass is 32.2. The van der Waals surface area contributed by atoms with E-state index >= 15 is 0 Å². The minimum atomic E-state index is -4.57. The number of rotatable bonds is 4. The van der Waals surface area contributed by atoms with E-state index in [0.29, 0.717) is 6.54 Å². The fraction of sp³-hybridized carbons (Fsp3) is 0.500. The maximum Gasteiger partial charge on any atom is 0.341 e. The molecular weight excluding hydrogens is 260 g/mol. The van der Waals surface area contributed by atoms with Crippen LogP contribution >= 0.6 is 0 Å². The smallest absolute Gasteiger partial charge is 0.341 e. The van der Waals surface area contributed by atoms with Crippen molar-refractivity contribution < 1.29 is 17.2 Å². The van der Waals surface area contributed by atoms with E-state index in [4.69, 9.17) is 0 Å². The molecule has 1 rings (SSSR count). The first-order valence-electron chi connectivity index (χ1n) is 5.49. The van der Waals surface area contributed by atoms with Crippen LogP contribution < -0.4 is 5.32 Å². The highest BCUT2D eigenvalue weighted by molar-refractivity contribution is 7.91. The Morgan fingerprint density at radius 1 is 1.22 bits per heavy atom. The third-order valence-electron chi connectivity index (χ3n) is 2.24. The lowest BCUT2D eigenvalue weighted by Gasteiger charge is -2.21. The molecule has 0 amide bonds. The van der Waals surface area contributed by atoms with Crippen LogP contribution in [0, 0.1) is 5.41 Å². The van der Waals surface area contributed by atoms with Crippen molar-refractivity contribution in [1.29, 1.82) is 0 Å². The Morgan fingerprint density at radius 2 is 1.78 bits per heavy atom. The Hall–Kier alpha value is -1.17. The van der Waals surface area contributed by atoms with Gasteiger partial charge in [0.1, 0.15) is 0 Å². The van der Waals surface area contributed by atoms with Crippen LogP contribution in [0.15, 0.2) is 29.2 Å². The second-order valence-electron chi connectivity index (χ2n) is 5.22. The zero-order valence-corrected chi connectivity index (χ0v) is 11.4.